The Morgan fingerprint density at radius 1 is 1.27 bits per heavy atom. The summed E-state index contributed by atoms with van der Waals surface area (Å²) in [5.41, 5.74) is -0.709. The third-order valence-electron chi connectivity index (χ3n) is 4.68. The summed E-state index contributed by atoms with van der Waals surface area (Å²) in [5, 5.41) is 12.4. The first-order chi connectivity index (χ1) is 13.9. The first kappa shape index (κ1) is 21.8. The molecule has 1 amide bonds. The Balaban J connectivity index is 1.85. The average Bonchev–Trinajstić information content (AvgIpc) is 3.22. The predicted octanol–water partition coefficient (Wildman–Crippen LogP) is 4.42. The molecule has 0 spiro atoms. The van der Waals surface area contributed by atoms with Crippen LogP contribution >= 0.6 is 0 Å². The van der Waals surface area contributed by atoms with E-state index in [2.05, 4.69) is 5.16 Å². The molecule has 0 aliphatic carbocycles. The largest absolute Gasteiger partial charge is 0.476 e. The molecule has 0 saturated carbocycles. The molecule has 2 heterocycles. The molecule has 1 aromatic heterocycles. The smallest absolute Gasteiger partial charge is 0.413 e. The van der Waals surface area contributed by atoms with Gasteiger partial charge in [-0.25, -0.2) is 14.0 Å². The number of carbonyl (C=O) groups excluding carboxylic acids is 1. The van der Waals surface area contributed by atoms with E-state index in [4.69, 9.17) is 19.1 Å². The number of carboxylic acid groups (broad SMARTS) is 1. The van der Waals surface area contributed by atoms with Gasteiger partial charge in [-0.3, -0.25) is 4.90 Å². The van der Waals surface area contributed by atoms with Crippen molar-refractivity contribution in [3.8, 4) is 11.3 Å². The molecule has 9 heteroatoms. The standard InChI is InChI=1S/C21H25FN2O6/c1-20(2,3)29-19(27)24-15(11-22)17(28-21(24,4)5)13-8-6-12(7-9-13)16-10-14(18(25)26)23-30-16/h6-10,15,17H,11H2,1-5H3,(H,25,26). The highest BCUT2D eigenvalue weighted by Crippen LogP contribution is 2.42. The Hall–Kier alpha value is -2.94. The molecule has 2 atom stereocenters. The van der Waals surface area contributed by atoms with E-state index >= 15 is 0 Å². The summed E-state index contributed by atoms with van der Waals surface area (Å²) in [5.74, 6) is -0.889. The number of carboxylic acids is 1. The molecule has 30 heavy (non-hydrogen) atoms. The van der Waals surface area contributed by atoms with E-state index in [-0.39, 0.29) is 5.69 Å². The van der Waals surface area contributed by atoms with Crippen molar-refractivity contribution in [3.05, 3.63) is 41.6 Å². The summed E-state index contributed by atoms with van der Waals surface area (Å²) in [6.07, 6.45) is -1.34. The van der Waals surface area contributed by atoms with E-state index in [1.165, 1.54) is 11.0 Å². The van der Waals surface area contributed by atoms with Gasteiger partial charge in [0, 0.05) is 11.6 Å². The number of rotatable bonds is 4. The first-order valence-electron chi connectivity index (χ1n) is 9.49. The Labute approximate surface area is 173 Å². The summed E-state index contributed by atoms with van der Waals surface area (Å²) in [6, 6.07) is 7.30. The quantitative estimate of drug-likeness (QED) is 0.781. The molecule has 1 aromatic carbocycles. The zero-order chi connectivity index (χ0) is 22.3. The summed E-state index contributed by atoms with van der Waals surface area (Å²) in [4.78, 5) is 25.0. The van der Waals surface area contributed by atoms with Gasteiger partial charge in [0.15, 0.2) is 11.5 Å². The molecule has 1 N–H and O–H groups in total. The lowest BCUT2D eigenvalue weighted by Gasteiger charge is -2.34. The number of alkyl halides is 1. The lowest BCUT2D eigenvalue weighted by atomic mass is 10.0. The van der Waals surface area contributed by atoms with Crippen LogP contribution in [0.25, 0.3) is 11.3 Å². The molecule has 1 saturated heterocycles. The number of halogens is 1. The van der Waals surface area contributed by atoms with Crippen molar-refractivity contribution in [3.63, 3.8) is 0 Å². The van der Waals surface area contributed by atoms with Gasteiger partial charge in [-0.15, -0.1) is 0 Å². The monoisotopic (exact) mass is 420 g/mol. The molecular weight excluding hydrogens is 395 g/mol. The fourth-order valence-corrected chi connectivity index (χ4v) is 3.44. The SMILES string of the molecule is CC(C)(C)OC(=O)N1C(CF)C(c2ccc(-c3cc(C(=O)O)no3)cc2)OC1(C)C. The van der Waals surface area contributed by atoms with Crippen LogP contribution in [0.5, 0.6) is 0 Å². The molecular formula is C21H25FN2O6. The molecule has 1 fully saturated rings. The fourth-order valence-electron chi connectivity index (χ4n) is 3.44. The molecule has 8 nitrogen and oxygen atoms in total. The maximum absolute atomic E-state index is 14.0. The van der Waals surface area contributed by atoms with Crippen LogP contribution in [0.1, 0.15) is 56.8 Å². The second-order valence-corrected chi connectivity index (χ2v) is 8.56. The van der Waals surface area contributed by atoms with Gasteiger partial charge < -0.3 is 19.1 Å². The van der Waals surface area contributed by atoms with Crippen molar-refractivity contribution in [2.45, 2.75) is 58.1 Å². The van der Waals surface area contributed by atoms with E-state index in [0.717, 1.165) is 0 Å². The third-order valence-corrected chi connectivity index (χ3v) is 4.68. The molecule has 162 valence electrons. The van der Waals surface area contributed by atoms with E-state index < -0.39 is 42.2 Å². The van der Waals surface area contributed by atoms with E-state index in [0.29, 0.717) is 16.9 Å². The van der Waals surface area contributed by atoms with Gasteiger partial charge in [0.05, 0.1) is 6.04 Å². The van der Waals surface area contributed by atoms with Gasteiger partial charge in [0.25, 0.3) is 0 Å². The van der Waals surface area contributed by atoms with Crippen LogP contribution < -0.4 is 0 Å². The first-order valence-corrected chi connectivity index (χ1v) is 9.49. The van der Waals surface area contributed by atoms with Crippen LogP contribution in [0.4, 0.5) is 9.18 Å². The van der Waals surface area contributed by atoms with Crippen molar-refractivity contribution >= 4 is 12.1 Å². The maximum Gasteiger partial charge on any atom is 0.413 e. The number of amides is 1. The normalized spacial score (nSPS) is 20.9. The van der Waals surface area contributed by atoms with Crippen molar-refractivity contribution in [1.29, 1.82) is 0 Å². The summed E-state index contributed by atoms with van der Waals surface area (Å²) < 4.78 is 30.6. The Morgan fingerprint density at radius 3 is 2.40 bits per heavy atom. The van der Waals surface area contributed by atoms with Gasteiger partial charge >= 0.3 is 12.1 Å². The van der Waals surface area contributed by atoms with E-state index in [1.807, 2.05) is 0 Å². The van der Waals surface area contributed by atoms with Crippen LogP contribution in [-0.2, 0) is 9.47 Å². The molecule has 0 bridgehead atoms. The Morgan fingerprint density at radius 2 is 1.90 bits per heavy atom. The minimum absolute atomic E-state index is 0.194. The van der Waals surface area contributed by atoms with Crippen LogP contribution in [0, 0.1) is 0 Å². The zero-order valence-electron chi connectivity index (χ0n) is 17.5. The van der Waals surface area contributed by atoms with Crippen molar-refractivity contribution in [1.82, 2.24) is 10.1 Å². The number of carbonyl (C=O) groups is 2. The average molecular weight is 420 g/mol. The van der Waals surface area contributed by atoms with Gasteiger partial charge in [0.2, 0.25) is 0 Å². The topological polar surface area (TPSA) is 102 Å². The van der Waals surface area contributed by atoms with Crippen LogP contribution in [0.3, 0.4) is 0 Å². The highest BCUT2D eigenvalue weighted by Gasteiger charge is 2.51. The van der Waals surface area contributed by atoms with Crippen LogP contribution in [0.15, 0.2) is 34.9 Å². The molecule has 2 aromatic rings. The van der Waals surface area contributed by atoms with Gasteiger partial charge in [-0.2, -0.15) is 0 Å². The number of aromatic carboxylic acids is 1. The summed E-state index contributed by atoms with van der Waals surface area (Å²) in [7, 11) is 0. The summed E-state index contributed by atoms with van der Waals surface area (Å²) in [6.45, 7) is 7.81. The second kappa shape index (κ2) is 7.71. The minimum atomic E-state index is -1.18. The molecule has 1 aliphatic rings. The van der Waals surface area contributed by atoms with Crippen LogP contribution in [0.2, 0.25) is 0 Å². The number of hydrogen-bond donors (Lipinski definition) is 1. The van der Waals surface area contributed by atoms with E-state index in [9.17, 15) is 14.0 Å². The second-order valence-electron chi connectivity index (χ2n) is 8.56. The highest BCUT2D eigenvalue weighted by atomic mass is 19.1. The third kappa shape index (κ3) is 4.30. The van der Waals surface area contributed by atoms with Gasteiger partial charge in [0.1, 0.15) is 24.1 Å². The lowest BCUT2D eigenvalue weighted by Crippen LogP contribution is -2.50. The van der Waals surface area contributed by atoms with Crippen molar-refractivity contribution in [2.75, 3.05) is 6.67 Å². The fraction of sp³-hybridized carbons (Fsp3) is 0.476. The van der Waals surface area contributed by atoms with Crippen molar-refractivity contribution < 1.29 is 33.1 Å². The molecule has 1 aliphatic heterocycles. The zero-order valence-corrected chi connectivity index (χ0v) is 17.5. The number of ether oxygens (including phenoxy) is 2. The Kier molecular flexibility index (Phi) is 5.60. The molecule has 0 radical (unpaired) electrons. The minimum Gasteiger partial charge on any atom is -0.476 e. The lowest BCUT2D eigenvalue weighted by molar-refractivity contribution is -0.0797. The maximum atomic E-state index is 14.0. The van der Waals surface area contributed by atoms with E-state index in [1.54, 1.807) is 58.9 Å². The van der Waals surface area contributed by atoms with Crippen LogP contribution in [-0.4, -0.2) is 51.3 Å². The summed E-state index contributed by atoms with van der Waals surface area (Å²) >= 11 is 0. The number of hydrogen-bond acceptors (Lipinski definition) is 6. The van der Waals surface area contributed by atoms with Gasteiger partial charge in [-0.1, -0.05) is 29.4 Å². The number of nitrogens with zero attached hydrogens (tertiary/aromatic N) is 2. The molecule has 2 unspecified atom stereocenters. The molecule has 3 rings (SSSR count). The van der Waals surface area contributed by atoms with Crippen molar-refractivity contribution in [2.24, 2.45) is 0 Å². The highest BCUT2D eigenvalue weighted by molar-refractivity contribution is 5.86. The predicted molar refractivity (Wildman–Crippen MR) is 105 cm³/mol. The number of benzene rings is 1. The number of aromatic nitrogens is 1. The Bertz CT molecular complexity index is 932. The van der Waals surface area contributed by atoms with Gasteiger partial charge in [-0.05, 0) is 40.2 Å².